The summed E-state index contributed by atoms with van der Waals surface area (Å²) in [5, 5.41) is 23.1. The lowest BCUT2D eigenvalue weighted by Crippen LogP contribution is -2.44. The second kappa shape index (κ2) is 15.1. The number of aliphatic hydroxyl groups excluding tert-OH is 1. The fraction of sp³-hybridized carbons (Fsp3) is 0.114. The van der Waals surface area contributed by atoms with Gasteiger partial charge in [0.15, 0.2) is 23.0 Å². The molecule has 0 amide bonds. The Morgan fingerprint density at radius 1 is 0.603 bits per heavy atom. The zero-order chi connectivity index (χ0) is 40.7. The number of fused-ring (bicyclic) bond motifs is 5. The zero-order valence-electron chi connectivity index (χ0n) is 29.8. The maximum atomic E-state index is 13.7. The van der Waals surface area contributed by atoms with Gasteiger partial charge in [0.25, 0.3) is 0 Å². The summed E-state index contributed by atoms with van der Waals surface area (Å²) in [6.45, 7) is -0.394. The summed E-state index contributed by atoms with van der Waals surface area (Å²) in [4.78, 5) is 39.9. The summed E-state index contributed by atoms with van der Waals surface area (Å²) in [7, 11) is 0. The van der Waals surface area contributed by atoms with Crippen LogP contribution in [0.1, 0.15) is 65.5 Å². The third-order valence-corrected chi connectivity index (χ3v) is 9.67. The van der Waals surface area contributed by atoms with E-state index in [1.54, 1.807) is 0 Å². The minimum atomic E-state index is -1.66. The van der Waals surface area contributed by atoms with Crippen molar-refractivity contribution in [3.05, 3.63) is 184 Å². The van der Waals surface area contributed by atoms with Crippen molar-refractivity contribution in [3.8, 4) is 28.7 Å². The van der Waals surface area contributed by atoms with Crippen LogP contribution in [0.4, 0.5) is 17.6 Å². The molecule has 0 spiro atoms. The second-order valence-electron chi connectivity index (χ2n) is 13.5. The number of esters is 3. The fourth-order valence-electron chi connectivity index (χ4n) is 6.88. The van der Waals surface area contributed by atoms with Crippen molar-refractivity contribution in [2.75, 3.05) is 6.61 Å². The molecule has 0 saturated heterocycles. The third-order valence-electron chi connectivity index (χ3n) is 9.67. The predicted molar refractivity (Wildman–Crippen MR) is 195 cm³/mol. The third kappa shape index (κ3) is 7.45. The molecule has 2 N–H and O–H groups in total. The van der Waals surface area contributed by atoms with E-state index in [9.17, 15) is 42.2 Å². The summed E-state index contributed by atoms with van der Waals surface area (Å²) in [5.41, 5.74) is -0.454. The molecular weight excluding hydrogens is 764 g/mol. The number of aliphatic hydroxyl groups is 2. The Bertz CT molecular complexity index is 2560. The lowest BCUT2D eigenvalue weighted by molar-refractivity contribution is -0.0230. The molecule has 0 saturated carbocycles. The molecule has 8 rings (SSSR count). The first kappa shape index (κ1) is 37.9. The van der Waals surface area contributed by atoms with Crippen LogP contribution in [-0.2, 0) is 6.42 Å². The van der Waals surface area contributed by atoms with Gasteiger partial charge in [-0.1, -0.05) is 6.07 Å². The van der Waals surface area contributed by atoms with E-state index in [-0.39, 0.29) is 63.0 Å². The number of carbonyl (C=O) groups is 3. The van der Waals surface area contributed by atoms with E-state index in [1.165, 1.54) is 72.8 Å². The molecule has 0 radical (unpaired) electrons. The van der Waals surface area contributed by atoms with Crippen LogP contribution in [0.15, 0.2) is 121 Å². The average Bonchev–Trinajstić information content (AvgIpc) is 3.50. The molecule has 58 heavy (non-hydrogen) atoms. The Labute approximate surface area is 326 Å². The molecule has 1 unspecified atom stereocenters. The monoisotopic (exact) mass is 792 g/mol. The largest absolute Gasteiger partial charge is 0.486 e. The molecule has 0 fully saturated rings. The average molecular weight is 793 g/mol. The molecule has 0 bridgehead atoms. The Balaban J connectivity index is 1.21. The molecule has 10 nitrogen and oxygen atoms in total. The lowest BCUT2D eigenvalue weighted by Gasteiger charge is -2.37. The van der Waals surface area contributed by atoms with Crippen molar-refractivity contribution < 1.29 is 65.8 Å². The minimum Gasteiger partial charge on any atom is -0.486 e. The van der Waals surface area contributed by atoms with Gasteiger partial charge in [0, 0.05) is 23.5 Å². The molecule has 2 aliphatic rings. The molecule has 292 valence electrons. The standard InChI is InChI=1S/C44H28F4O10/c45-28-9-1-23(2-10-28)40(49)55-34-18-17-32-37-33-20-36(57-42(51)25-5-13-30(47)14-6-25)35(56-41(50)24-3-11-29(46)12-4-24)19-27(33)21-44(37,53)22-54-38(32)39(34)58-43(52)26-7-15-31(48)16-8-26/h1-20,37,41,50,53H,21-22H2/t37-,41?,44+/m0/s1. The molecule has 0 aromatic heterocycles. The highest BCUT2D eigenvalue weighted by atomic mass is 19.1. The summed E-state index contributed by atoms with van der Waals surface area (Å²) in [6, 6.07) is 24.1. The number of rotatable bonds is 9. The quantitative estimate of drug-likeness (QED) is 0.0646. The lowest BCUT2D eigenvalue weighted by atomic mass is 9.80. The van der Waals surface area contributed by atoms with Crippen molar-refractivity contribution >= 4 is 17.9 Å². The Kier molecular flexibility index (Phi) is 9.89. The van der Waals surface area contributed by atoms with Crippen molar-refractivity contribution in [2.24, 2.45) is 0 Å². The Morgan fingerprint density at radius 2 is 1.09 bits per heavy atom. The van der Waals surface area contributed by atoms with Crippen molar-refractivity contribution in [3.63, 3.8) is 0 Å². The first-order chi connectivity index (χ1) is 27.8. The van der Waals surface area contributed by atoms with Crippen LogP contribution >= 0.6 is 0 Å². The molecule has 1 heterocycles. The summed E-state index contributed by atoms with van der Waals surface area (Å²) >= 11 is 0. The van der Waals surface area contributed by atoms with Gasteiger partial charge in [-0.2, -0.15) is 0 Å². The van der Waals surface area contributed by atoms with Gasteiger partial charge in [-0.25, -0.2) is 31.9 Å². The van der Waals surface area contributed by atoms with Gasteiger partial charge in [0.05, 0.1) is 16.7 Å². The van der Waals surface area contributed by atoms with Crippen LogP contribution in [0.5, 0.6) is 28.7 Å². The maximum absolute atomic E-state index is 13.7. The van der Waals surface area contributed by atoms with Gasteiger partial charge < -0.3 is 33.9 Å². The van der Waals surface area contributed by atoms with Crippen LogP contribution in [0.25, 0.3) is 0 Å². The van der Waals surface area contributed by atoms with E-state index in [0.29, 0.717) is 11.1 Å². The van der Waals surface area contributed by atoms with Gasteiger partial charge in [0.1, 0.15) is 35.5 Å². The number of hydrogen-bond acceptors (Lipinski definition) is 10. The van der Waals surface area contributed by atoms with Gasteiger partial charge in [-0.05, 0) is 126 Å². The van der Waals surface area contributed by atoms with Gasteiger partial charge in [-0.15, -0.1) is 0 Å². The van der Waals surface area contributed by atoms with Crippen LogP contribution in [0, 0.1) is 23.3 Å². The number of ether oxygens (including phenoxy) is 5. The van der Waals surface area contributed by atoms with Gasteiger partial charge in [-0.3, -0.25) is 0 Å². The summed E-state index contributed by atoms with van der Waals surface area (Å²) < 4.78 is 83.7. The van der Waals surface area contributed by atoms with E-state index in [2.05, 4.69) is 0 Å². The first-order valence-corrected chi connectivity index (χ1v) is 17.6. The smallest absolute Gasteiger partial charge is 0.343 e. The molecule has 14 heteroatoms. The van der Waals surface area contributed by atoms with Gasteiger partial charge in [0.2, 0.25) is 12.0 Å². The highest BCUT2D eigenvalue weighted by Crippen LogP contribution is 2.57. The number of halogens is 4. The predicted octanol–water partition coefficient (Wildman–Crippen LogP) is 7.78. The van der Waals surface area contributed by atoms with E-state index in [4.69, 9.17) is 23.7 Å². The molecule has 1 aliphatic heterocycles. The zero-order valence-corrected chi connectivity index (χ0v) is 29.8. The Morgan fingerprint density at radius 3 is 1.62 bits per heavy atom. The molecule has 3 atom stereocenters. The molecule has 6 aromatic carbocycles. The van der Waals surface area contributed by atoms with Crippen LogP contribution in [-0.4, -0.2) is 40.3 Å². The summed E-state index contributed by atoms with van der Waals surface area (Å²) in [6.07, 6.45) is -1.71. The van der Waals surface area contributed by atoms with Crippen molar-refractivity contribution in [2.45, 2.75) is 24.2 Å². The highest BCUT2D eigenvalue weighted by Gasteiger charge is 2.52. The fourth-order valence-corrected chi connectivity index (χ4v) is 6.88. The normalized spacial score (nSPS) is 16.8. The topological polar surface area (TPSA) is 138 Å². The molecule has 1 aliphatic carbocycles. The van der Waals surface area contributed by atoms with Gasteiger partial charge >= 0.3 is 17.9 Å². The van der Waals surface area contributed by atoms with Crippen molar-refractivity contribution in [1.29, 1.82) is 0 Å². The summed E-state index contributed by atoms with van der Waals surface area (Å²) in [5.74, 6) is -7.19. The van der Waals surface area contributed by atoms with E-state index in [1.807, 2.05) is 0 Å². The molecular formula is C44H28F4O10. The maximum Gasteiger partial charge on any atom is 0.343 e. The second-order valence-corrected chi connectivity index (χ2v) is 13.5. The Hall–Kier alpha value is -7.03. The van der Waals surface area contributed by atoms with E-state index >= 15 is 0 Å². The van der Waals surface area contributed by atoms with Crippen LogP contribution in [0.2, 0.25) is 0 Å². The van der Waals surface area contributed by atoms with Crippen LogP contribution < -0.4 is 23.7 Å². The SMILES string of the molecule is O=C(Oc1cc2c(cc1OC(O)c1ccc(F)cc1)C[C@@]1(O)COc3c(ccc(OC(=O)c4ccc(F)cc4)c3OC(=O)c3ccc(F)cc3)[C@@H]21)c1ccc(F)cc1. The van der Waals surface area contributed by atoms with E-state index in [0.717, 1.165) is 48.5 Å². The minimum absolute atomic E-state index is 0.0184. The number of hydrogen-bond donors (Lipinski definition) is 2. The first-order valence-electron chi connectivity index (χ1n) is 17.6. The van der Waals surface area contributed by atoms with E-state index < -0.39 is 65.6 Å². The molecule has 6 aromatic rings. The van der Waals surface area contributed by atoms with Crippen molar-refractivity contribution in [1.82, 2.24) is 0 Å². The van der Waals surface area contributed by atoms with Crippen LogP contribution in [0.3, 0.4) is 0 Å². The number of carbonyl (C=O) groups excluding carboxylic acids is 3. The highest BCUT2D eigenvalue weighted by molar-refractivity contribution is 5.94. The number of benzene rings is 6.